The first-order chi connectivity index (χ1) is 13.6. The molecule has 0 aliphatic carbocycles. The van der Waals surface area contributed by atoms with E-state index in [-0.39, 0.29) is 30.5 Å². The van der Waals surface area contributed by atoms with E-state index in [4.69, 9.17) is 4.74 Å². The van der Waals surface area contributed by atoms with Crippen LogP contribution in [0.4, 0.5) is 4.39 Å². The van der Waals surface area contributed by atoms with Crippen molar-refractivity contribution in [3.8, 4) is 5.75 Å². The first-order valence-electron chi connectivity index (χ1n) is 8.91. The molecule has 0 unspecified atom stereocenters. The van der Waals surface area contributed by atoms with E-state index >= 15 is 0 Å². The minimum absolute atomic E-state index is 0.0706. The Hall–Kier alpha value is -3.47. The second kappa shape index (κ2) is 9.46. The number of ketones is 1. The number of carbonyl (C=O) groups is 2. The zero-order chi connectivity index (χ0) is 19.8. The van der Waals surface area contributed by atoms with Crippen LogP contribution in [0.3, 0.4) is 0 Å². The minimum atomic E-state index is -0.328. The van der Waals surface area contributed by atoms with E-state index in [1.807, 2.05) is 30.3 Å². The van der Waals surface area contributed by atoms with Crippen LogP contribution in [-0.2, 0) is 17.8 Å². The lowest BCUT2D eigenvalue weighted by atomic mass is 10.0. The highest BCUT2D eigenvalue weighted by Crippen LogP contribution is 2.14. The van der Waals surface area contributed by atoms with Gasteiger partial charge in [0, 0.05) is 18.5 Å². The molecule has 0 atom stereocenters. The molecule has 0 aromatic heterocycles. The number of hydrogen-bond donors (Lipinski definition) is 1. The highest BCUT2D eigenvalue weighted by Gasteiger charge is 2.08. The molecule has 0 aliphatic heterocycles. The fourth-order valence-electron chi connectivity index (χ4n) is 2.62. The van der Waals surface area contributed by atoms with Crippen LogP contribution < -0.4 is 10.1 Å². The molecule has 5 heteroatoms. The van der Waals surface area contributed by atoms with Crippen molar-refractivity contribution in [1.29, 1.82) is 0 Å². The highest BCUT2D eigenvalue weighted by atomic mass is 19.1. The Kier molecular flexibility index (Phi) is 6.52. The Morgan fingerprint density at radius 2 is 1.50 bits per heavy atom. The molecule has 3 rings (SSSR count). The van der Waals surface area contributed by atoms with Gasteiger partial charge >= 0.3 is 0 Å². The molecule has 142 valence electrons. The lowest BCUT2D eigenvalue weighted by Crippen LogP contribution is -2.28. The number of ether oxygens (including phenoxy) is 1. The summed E-state index contributed by atoms with van der Waals surface area (Å²) in [5.74, 6) is -0.113. The number of carbonyl (C=O) groups excluding carboxylic acids is 2. The van der Waals surface area contributed by atoms with Gasteiger partial charge in [0.1, 0.15) is 11.6 Å². The van der Waals surface area contributed by atoms with E-state index in [1.54, 1.807) is 36.4 Å². The fraction of sp³-hybridized carbons (Fsp3) is 0.130. The average Bonchev–Trinajstić information content (AvgIpc) is 2.73. The maximum atomic E-state index is 12.9. The van der Waals surface area contributed by atoms with Crippen LogP contribution in [0.2, 0.25) is 0 Å². The van der Waals surface area contributed by atoms with Gasteiger partial charge in [0.15, 0.2) is 12.4 Å². The smallest absolute Gasteiger partial charge is 0.258 e. The summed E-state index contributed by atoms with van der Waals surface area (Å²) in [5.41, 5.74) is 2.30. The van der Waals surface area contributed by atoms with Crippen molar-refractivity contribution in [2.24, 2.45) is 0 Å². The topological polar surface area (TPSA) is 55.4 Å². The zero-order valence-corrected chi connectivity index (χ0v) is 15.2. The van der Waals surface area contributed by atoms with Crippen LogP contribution in [0.1, 0.15) is 21.5 Å². The van der Waals surface area contributed by atoms with Crippen molar-refractivity contribution >= 4 is 11.7 Å². The molecule has 0 bridgehead atoms. The molecule has 0 saturated carbocycles. The Labute approximate surface area is 163 Å². The summed E-state index contributed by atoms with van der Waals surface area (Å²) >= 11 is 0. The maximum absolute atomic E-state index is 12.9. The maximum Gasteiger partial charge on any atom is 0.258 e. The molecule has 3 aromatic carbocycles. The Bertz CT molecular complexity index is 922. The van der Waals surface area contributed by atoms with E-state index in [2.05, 4.69) is 5.32 Å². The molecular weight excluding hydrogens is 357 g/mol. The number of Topliss-reactive ketones (excluding diaryl/α,β-unsaturated/α-hetero) is 1. The molecule has 0 heterocycles. The number of rotatable bonds is 8. The van der Waals surface area contributed by atoms with Crippen LogP contribution in [-0.4, -0.2) is 18.3 Å². The third-order valence-electron chi connectivity index (χ3n) is 4.16. The summed E-state index contributed by atoms with van der Waals surface area (Å²) in [6.45, 7) is 0.343. The van der Waals surface area contributed by atoms with Crippen molar-refractivity contribution < 1.29 is 18.7 Å². The average molecular weight is 377 g/mol. The van der Waals surface area contributed by atoms with Crippen LogP contribution >= 0.6 is 0 Å². The minimum Gasteiger partial charge on any atom is -0.484 e. The SMILES string of the molecule is O=C(COc1ccc(C(=O)Cc2ccc(F)cc2)cc1)NCc1ccccc1. The molecule has 0 aliphatic rings. The fourth-order valence-corrected chi connectivity index (χ4v) is 2.62. The van der Waals surface area contributed by atoms with Crippen LogP contribution in [0, 0.1) is 5.82 Å². The van der Waals surface area contributed by atoms with Gasteiger partial charge in [-0.25, -0.2) is 4.39 Å². The van der Waals surface area contributed by atoms with Gasteiger partial charge in [-0.1, -0.05) is 42.5 Å². The number of benzene rings is 3. The van der Waals surface area contributed by atoms with E-state index in [0.717, 1.165) is 11.1 Å². The summed E-state index contributed by atoms with van der Waals surface area (Å²) < 4.78 is 18.4. The van der Waals surface area contributed by atoms with Crippen molar-refractivity contribution in [3.63, 3.8) is 0 Å². The van der Waals surface area contributed by atoms with Gasteiger partial charge in [-0.15, -0.1) is 0 Å². The summed E-state index contributed by atoms with van der Waals surface area (Å²) in [6, 6.07) is 22.1. The monoisotopic (exact) mass is 377 g/mol. The van der Waals surface area contributed by atoms with E-state index in [1.165, 1.54) is 12.1 Å². The van der Waals surface area contributed by atoms with E-state index < -0.39 is 0 Å². The highest BCUT2D eigenvalue weighted by molar-refractivity contribution is 5.97. The summed E-state index contributed by atoms with van der Waals surface area (Å²) in [4.78, 5) is 24.2. The lowest BCUT2D eigenvalue weighted by molar-refractivity contribution is -0.123. The predicted molar refractivity (Wildman–Crippen MR) is 105 cm³/mol. The molecule has 1 amide bonds. The summed E-state index contributed by atoms with van der Waals surface area (Å²) in [6.07, 6.45) is 0.197. The number of halogens is 1. The first-order valence-corrected chi connectivity index (χ1v) is 8.91. The Balaban J connectivity index is 1.46. The van der Waals surface area contributed by atoms with Gasteiger partial charge in [-0.3, -0.25) is 9.59 Å². The third-order valence-corrected chi connectivity index (χ3v) is 4.16. The Morgan fingerprint density at radius 3 is 2.18 bits per heavy atom. The largest absolute Gasteiger partial charge is 0.484 e. The molecule has 1 N–H and O–H groups in total. The number of hydrogen-bond acceptors (Lipinski definition) is 3. The number of amides is 1. The van der Waals surface area contributed by atoms with Gasteiger partial charge in [0.05, 0.1) is 0 Å². The molecule has 3 aromatic rings. The van der Waals surface area contributed by atoms with E-state index in [9.17, 15) is 14.0 Å². The summed E-state index contributed by atoms with van der Waals surface area (Å²) in [5, 5.41) is 2.79. The molecule has 0 saturated heterocycles. The predicted octanol–water partition coefficient (Wildman–Crippen LogP) is 3.95. The zero-order valence-electron chi connectivity index (χ0n) is 15.2. The molecule has 0 radical (unpaired) electrons. The number of nitrogens with one attached hydrogen (secondary N) is 1. The van der Waals surface area contributed by atoms with Crippen molar-refractivity contribution in [1.82, 2.24) is 5.32 Å². The van der Waals surface area contributed by atoms with Crippen LogP contribution in [0.15, 0.2) is 78.9 Å². The van der Waals surface area contributed by atoms with Gasteiger partial charge in [-0.05, 0) is 47.5 Å². The van der Waals surface area contributed by atoms with Crippen LogP contribution in [0.5, 0.6) is 5.75 Å². The van der Waals surface area contributed by atoms with E-state index in [0.29, 0.717) is 17.9 Å². The quantitative estimate of drug-likeness (QED) is 0.605. The standard InChI is InChI=1S/C23H20FNO3/c24-20-10-6-17(7-11-20)14-22(26)19-8-12-21(13-9-19)28-16-23(27)25-15-18-4-2-1-3-5-18/h1-13H,14-16H2,(H,25,27). The second-order valence-electron chi connectivity index (χ2n) is 6.30. The molecule has 0 spiro atoms. The normalized spacial score (nSPS) is 10.3. The van der Waals surface area contributed by atoms with Crippen LogP contribution in [0.25, 0.3) is 0 Å². The second-order valence-corrected chi connectivity index (χ2v) is 6.30. The van der Waals surface area contributed by atoms with Gasteiger partial charge in [0.25, 0.3) is 5.91 Å². The van der Waals surface area contributed by atoms with Gasteiger partial charge < -0.3 is 10.1 Å². The summed E-state index contributed by atoms with van der Waals surface area (Å²) in [7, 11) is 0. The van der Waals surface area contributed by atoms with Crippen molar-refractivity contribution in [3.05, 3.63) is 101 Å². The van der Waals surface area contributed by atoms with Gasteiger partial charge in [-0.2, -0.15) is 0 Å². The third kappa shape index (κ3) is 5.77. The van der Waals surface area contributed by atoms with Gasteiger partial charge in [0.2, 0.25) is 0 Å². The molecule has 4 nitrogen and oxygen atoms in total. The first kappa shape index (κ1) is 19.3. The molecule has 28 heavy (non-hydrogen) atoms. The lowest BCUT2D eigenvalue weighted by Gasteiger charge is -2.08. The molecule has 0 fully saturated rings. The van der Waals surface area contributed by atoms with Crippen molar-refractivity contribution in [2.45, 2.75) is 13.0 Å². The molecular formula is C23H20FNO3. The Morgan fingerprint density at radius 1 is 0.821 bits per heavy atom. The van der Waals surface area contributed by atoms with Crippen molar-refractivity contribution in [2.75, 3.05) is 6.61 Å².